The number of carbonyl (C=O) groups excluding carboxylic acids is 1. The number of aryl methyl sites for hydroxylation is 1. The van der Waals surface area contributed by atoms with Gasteiger partial charge in [0.2, 0.25) is 5.91 Å². The molecule has 136 valence electrons. The molecule has 0 aliphatic rings. The predicted octanol–water partition coefficient (Wildman–Crippen LogP) is 5.33. The molecule has 0 fully saturated rings. The van der Waals surface area contributed by atoms with E-state index in [-0.39, 0.29) is 11.6 Å². The Kier molecular flexibility index (Phi) is 5.63. The summed E-state index contributed by atoms with van der Waals surface area (Å²) in [6.07, 6.45) is 2.83. The van der Waals surface area contributed by atoms with E-state index in [2.05, 4.69) is 10.3 Å². The molecule has 1 N–H and O–H groups in total. The maximum Gasteiger partial charge on any atom is 0.270 e. The number of nitro groups is 1. The number of benzene rings is 2. The number of hydrogen-bond donors (Lipinski definition) is 1. The van der Waals surface area contributed by atoms with Gasteiger partial charge in [-0.15, -0.1) is 11.3 Å². The van der Waals surface area contributed by atoms with Crippen LogP contribution in [-0.2, 0) is 4.79 Å². The number of nitro benzene ring substituents is 1. The Morgan fingerprint density at radius 2 is 2.00 bits per heavy atom. The van der Waals surface area contributed by atoms with E-state index in [9.17, 15) is 14.9 Å². The highest BCUT2D eigenvalue weighted by Crippen LogP contribution is 2.31. The van der Waals surface area contributed by atoms with Gasteiger partial charge in [-0.2, -0.15) is 0 Å². The largest absolute Gasteiger partial charge is 0.298 e. The van der Waals surface area contributed by atoms with Crippen LogP contribution < -0.4 is 5.32 Å². The van der Waals surface area contributed by atoms with Crippen LogP contribution in [0.2, 0.25) is 5.02 Å². The highest BCUT2D eigenvalue weighted by atomic mass is 35.5. The van der Waals surface area contributed by atoms with Crippen molar-refractivity contribution in [1.82, 2.24) is 4.98 Å². The number of nitrogens with one attached hydrogen (secondary N) is 1. The Morgan fingerprint density at radius 1 is 1.26 bits per heavy atom. The molecule has 3 aromatic rings. The van der Waals surface area contributed by atoms with Gasteiger partial charge in [-0.1, -0.05) is 35.9 Å². The second kappa shape index (κ2) is 8.11. The molecule has 0 atom stereocenters. The van der Waals surface area contributed by atoms with Gasteiger partial charge in [0.1, 0.15) is 0 Å². The van der Waals surface area contributed by atoms with E-state index in [0.29, 0.717) is 15.7 Å². The summed E-state index contributed by atoms with van der Waals surface area (Å²) < 4.78 is 0. The van der Waals surface area contributed by atoms with Crippen LogP contribution in [0.25, 0.3) is 17.3 Å². The third-order valence-electron chi connectivity index (χ3n) is 3.65. The number of carbonyl (C=O) groups is 1. The average Bonchev–Trinajstić information content (AvgIpc) is 3.01. The number of halogens is 1. The minimum atomic E-state index is -0.478. The molecule has 0 radical (unpaired) electrons. The summed E-state index contributed by atoms with van der Waals surface area (Å²) in [5, 5.41) is 14.6. The molecule has 6 nitrogen and oxygen atoms in total. The van der Waals surface area contributed by atoms with Crippen molar-refractivity contribution in [2.24, 2.45) is 0 Å². The molecule has 27 heavy (non-hydrogen) atoms. The molecule has 0 bridgehead atoms. The van der Waals surface area contributed by atoms with E-state index >= 15 is 0 Å². The summed E-state index contributed by atoms with van der Waals surface area (Å²) >= 11 is 7.28. The van der Waals surface area contributed by atoms with Crippen LogP contribution in [-0.4, -0.2) is 15.8 Å². The summed E-state index contributed by atoms with van der Waals surface area (Å²) in [5.41, 5.74) is 2.24. The van der Waals surface area contributed by atoms with Crippen molar-refractivity contribution >= 4 is 45.7 Å². The Morgan fingerprint density at radius 3 is 2.70 bits per heavy atom. The molecule has 1 amide bonds. The summed E-state index contributed by atoms with van der Waals surface area (Å²) in [7, 11) is 0. The van der Waals surface area contributed by atoms with Crippen molar-refractivity contribution in [3.63, 3.8) is 0 Å². The number of non-ortho nitro benzene ring substituents is 1. The topological polar surface area (TPSA) is 85.1 Å². The van der Waals surface area contributed by atoms with Gasteiger partial charge < -0.3 is 0 Å². The van der Waals surface area contributed by atoms with Gasteiger partial charge in [0.25, 0.3) is 5.69 Å². The summed E-state index contributed by atoms with van der Waals surface area (Å²) in [6, 6.07) is 13.4. The van der Waals surface area contributed by atoms with Crippen LogP contribution in [0, 0.1) is 17.0 Å². The van der Waals surface area contributed by atoms with Crippen LogP contribution in [0.4, 0.5) is 10.8 Å². The normalized spacial score (nSPS) is 10.9. The zero-order valence-corrected chi connectivity index (χ0v) is 15.8. The first-order valence-electron chi connectivity index (χ1n) is 7.89. The molecule has 0 spiro atoms. The fourth-order valence-corrected chi connectivity index (χ4v) is 3.35. The lowest BCUT2D eigenvalue weighted by molar-refractivity contribution is -0.384. The molecule has 0 aliphatic heterocycles. The second-order valence-corrected chi connectivity index (χ2v) is 7.25. The summed E-state index contributed by atoms with van der Waals surface area (Å²) in [6.45, 7) is 1.93. The summed E-state index contributed by atoms with van der Waals surface area (Å²) in [4.78, 5) is 27.9. The first-order chi connectivity index (χ1) is 12.9. The average molecular weight is 400 g/mol. The van der Waals surface area contributed by atoms with Gasteiger partial charge in [0.05, 0.1) is 10.6 Å². The van der Waals surface area contributed by atoms with Gasteiger partial charge in [-0.05, 0) is 30.7 Å². The van der Waals surface area contributed by atoms with Crippen LogP contribution in [0.5, 0.6) is 0 Å². The minimum Gasteiger partial charge on any atom is -0.298 e. The third kappa shape index (κ3) is 4.78. The number of amides is 1. The lowest BCUT2D eigenvalue weighted by Crippen LogP contribution is -2.07. The van der Waals surface area contributed by atoms with Crippen molar-refractivity contribution < 1.29 is 9.72 Å². The van der Waals surface area contributed by atoms with E-state index < -0.39 is 4.92 Å². The molecule has 8 heteroatoms. The lowest BCUT2D eigenvalue weighted by atomic mass is 10.1. The molecule has 3 rings (SSSR count). The zero-order valence-electron chi connectivity index (χ0n) is 14.2. The van der Waals surface area contributed by atoms with E-state index in [1.807, 2.05) is 19.1 Å². The Labute approximate surface area is 164 Å². The highest BCUT2D eigenvalue weighted by molar-refractivity contribution is 7.16. The van der Waals surface area contributed by atoms with Crippen LogP contribution in [0.3, 0.4) is 0 Å². The summed E-state index contributed by atoms with van der Waals surface area (Å²) in [5.74, 6) is -0.363. The molecule has 2 aromatic carbocycles. The van der Waals surface area contributed by atoms with E-state index in [1.54, 1.807) is 24.3 Å². The molecule has 0 saturated carbocycles. The molecular formula is C19H14ClN3O3S. The smallest absolute Gasteiger partial charge is 0.270 e. The van der Waals surface area contributed by atoms with E-state index in [0.717, 1.165) is 16.1 Å². The molecule has 1 heterocycles. The Bertz CT molecular complexity index is 1030. The molecular weight excluding hydrogens is 386 g/mol. The van der Waals surface area contributed by atoms with E-state index in [1.165, 1.54) is 35.6 Å². The van der Waals surface area contributed by atoms with E-state index in [4.69, 9.17) is 11.6 Å². The van der Waals surface area contributed by atoms with Gasteiger partial charge in [-0.25, -0.2) is 4.98 Å². The standard InChI is InChI=1S/C19H14ClN3O3S/c1-12-18(14-6-8-15(20)9-7-14)22-19(27-12)21-17(24)10-5-13-3-2-4-16(11-13)23(25)26/h2-11H,1H3,(H,21,22,24)/b10-5+. The monoisotopic (exact) mass is 399 g/mol. The van der Waals surface area contributed by atoms with Gasteiger partial charge in [0, 0.05) is 33.7 Å². The van der Waals surface area contributed by atoms with Gasteiger partial charge >= 0.3 is 0 Å². The predicted molar refractivity (Wildman–Crippen MR) is 108 cm³/mol. The number of nitrogens with zero attached hydrogens (tertiary/aromatic N) is 2. The molecule has 1 aromatic heterocycles. The number of hydrogen-bond acceptors (Lipinski definition) is 5. The minimum absolute atomic E-state index is 0.0271. The Hall–Kier alpha value is -3.03. The maximum atomic E-state index is 12.1. The van der Waals surface area contributed by atoms with Crippen molar-refractivity contribution in [1.29, 1.82) is 0 Å². The first-order valence-corrected chi connectivity index (χ1v) is 9.09. The first kappa shape index (κ1) is 18.8. The van der Waals surface area contributed by atoms with Crippen LogP contribution >= 0.6 is 22.9 Å². The zero-order chi connectivity index (χ0) is 19.4. The van der Waals surface area contributed by atoms with Gasteiger partial charge in [0.15, 0.2) is 5.13 Å². The SMILES string of the molecule is Cc1sc(NC(=O)/C=C/c2cccc([N+](=O)[O-])c2)nc1-c1ccc(Cl)cc1. The van der Waals surface area contributed by atoms with Crippen molar-refractivity contribution in [2.45, 2.75) is 6.92 Å². The maximum absolute atomic E-state index is 12.1. The Balaban J connectivity index is 1.71. The van der Waals surface area contributed by atoms with Crippen LogP contribution in [0.15, 0.2) is 54.6 Å². The van der Waals surface area contributed by atoms with Crippen molar-refractivity contribution in [3.05, 3.63) is 80.2 Å². The number of thiazole rings is 1. The number of aromatic nitrogens is 1. The lowest BCUT2D eigenvalue weighted by Gasteiger charge is -1.99. The molecule has 0 aliphatic carbocycles. The fourth-order valence-electron chi connectivity index (χ4n) is 2.39. The molecule has 0 saturated heterocycles. The van der Waals surface area contributed by atoms with Crippen molar-refractivity contribution in [2.75, 3.05) is 5.32 Å². The number of anilines is 1. The van der Waals surface area contributed by atoms with Gasteiger partial charge in [-0.3, -0.25) is 20.2 Å². The fraction of sp³-hybridized carbons (Fsp3) is 0.0526. The van der Waals surface area contributed by atoms with Crippen molar-refractivity contribution in [3.8, 4) is 11.3 Å². The second-order valence-electron chi connectivity index (χ2n) is 5.61. The number of rotatable bonds is 5. The third-order valence-corrected chi connectivity index (χ3v) is 4.79. The molecule has 0 unspecified atom stereocenters. The van der Waals surface area contributed by atoms with Crippen LogP contribution in [0.1, 0.15) is 10.4 Å². The quantitative estimate of drug-likeness (QED) is 0.357. The highest BCUT2D eigenvalue weighted by Gasteiger charge is 2.11.